The van der Waals surface area contributed by atoms with Gasteiger partial charge in [-0.2, -0.15) is 0 Å². The highest BCUT2D eigenvalue weighted by Crippen LogP contribution is 2.29. The van der Waals surface area contributed by atoms with Crippen molar-refractivity contribution in [3.05, 3.63) is 47.5 Å². The molecule has 0 aliphatic carbocycles. The summed E-state index contributed by atoms with van der Waals surface area (Å²) in [6.45, 7) is 11.5. The molecule has 0 spiro atoms. The third kappa shape index (κ3) is 15.3. The Kier molecular flexibility index (Phi) is 18.6. The minimum Gasteiger partial charge on any atom is -0.487 e. The number of ether oxygens (including phenoxy) is 10. The largest absolute Gasteiger partial charge is 0.487 e. The molecule has 46 heavy (non-hydrogen) atoms. The maximum absolute atomic E-state index is 5.99. The molecule has 2 aliphatic rings. The Balaban J connectivity index is 1.13. The standard InChI is InChI=1S/C34H52N2O10/c1(7-35-27-29-3-5-31-33(25-29)45-23-19-41-15-11-37-9-13-39-17-21-43-31)2-8-36-28-30-4-6-32-34(26-30)46-24-20-42-16-12-38-10-14-40-18-22-44-32/h3-6,25-26,35-36H,1-2,7-24,27-28H2. The molecule has 0 fully saturated rings. The van der Waals surface area contributed by atoms with Gasteiger partial charge in [-0.05, 0) is 61.3 Å². The highest BCUT2D eigenvalue weighted by molar-refractivity contribution is 5.44. The van der Waals surface area contributed by atoms with Gasteiger partial charge in [-0.3, -0.25) is 0 Å². The molecule has 0 saturated carbocycles. The lowest BCUT2D eigenvalue weighted by atomic mass is 10.2. The van der Waals surface area contributed by atoms with Gasteiger partial charge in [0.05, 0.1) is 79.3 Å². The first-order valence-corrected chi connectivity index (χ1v) is 16.5. The van der Waals surface area contributed by atoms with Crippen LogP contribution in [0.5, 0.6) is 23.0 Å². The predicted octanol–water partition coefficient (Wildman–Crippen LogP) is 2.99. The molecule has 0 radical (unpaired) electrons. The molecular formula is C34H52N2O10. The van der Waals surface area contributed by atoms with Crippen LogP contribution in [-0.2, 0) is 41.5 Å². The Labute approximate surface area is 273 Å². The van der Waals surface area contributed by atoms with Crippen LogP contribution in [0.1, 0.15) is 24.0 Å². The summed E-state index contributed by atoms with van der Waals surface area (Å²) in [5.74, 6) is 2.87. The van der Waals surface area contributed by atoms with Crippen LogP contribution in [0.2, 0.25) is 0 Å². The zero-order valence-electron chi connectivity index (χ0n) is 27.1. The van der Waals surface area contributed by atoms with Gasteiger partial charge in [-0.25, -0.2) is 0 Å². The number of nitrogens with one attached hydrogen (secondary N) is 2. The average Bonchev–Trinajstić information content (AvgIpc) is 3.09. The van der Waals surface area contributed by atoms with E-state index in [0.717, 1.165) is 61.6 Å². The zero-order valence-corrected chi connectivity index (χ0v) is 27.1. The van der Waals surface area contributed by atoms with Crippen LogP contribution in [0, 0.1) is 0 Å². The van der Waals surface area contributed by atoms with Gasteiger partial charge in [-0.15, -0.1) is 0 Å². The Hall–Kier alpha value is -2.68. The van der Waals surface area contributed by atoms with Gasteiger partial charge >= 0.3 is 0 Å². The van der Waals surface area contributed by atoms with Crippen molar-refractivity contribution in [3.8, 4) is 23.0 Å². The molecule has 2 aromatic carbocycles. The first-order chi connectivity index (χ1) is 22.9. The van der Waals surface area contributed by atoms with Crippen LogP contribution in [0.3, 0.4) is 0 Å². The zero-order chi connectivity index (χ0) is 31.7. The van der Waals surface area contributed by atoms with E-state index in [1.807, 2.05) is 24.3 Å². The molecule has 12 heteroatoms. The fourth-order valence-corrected chi connectivity index (χ4v) is 4.68. The normalized spacial score (nSPS) is 18.3. The molecule has 2 aromatic rings. The van der Waals surface area contributed by atoms with Crippen LogP contribution in [0.4, 0.5) is 0 Å². The van der Waals surface area contributed by atoms with E-state index in [-0.39, 0.29) is 0 Å². The van der Waals surface area contributed by atoms with Crippen molar-refractivity contribution in [2.24, 2.45) is 0 Å². The maximum Gasteiger partial charge on any atom is 0.161 e. The molecule has 0 aromatic heterocycles. The molecule has 0 amide bonds. The summed E-state index contributed by atoms with van der Waals surface area (Å²) >= 11 is 0. The summed E-state index contributed by atoms with van der Waals surface area (Å²) in [6, 6.07) is 12.1. The Morgan fingerprint density at radius 1 is 0.370 bits per heavy atom. The van der Waals surface area contributed by atoms with Crippen molar-refractivity contribution >= 4 is 0 Å². The number of fused-ring (bicyclic) bond motifs is 2. The van der Waals surface area contributed by atoms with Crippen molar-refractivity contribution in [2.75, 3.05) is 119 Å². The number of rotatable bonds is 9. The van der Waals surface area contributed by atoms with Crippen LogP contribution in [0.15, 0.2) is 36.4 Å². The van der Waals surface area contributed by atoms with Crippen molar-refractivity contribution in [3.63, 3.8) is 0 Å². The van der Waals surface area contributed by atoms with E-state index in [4.69, 9.17) is 47.4 Å². The summed E-state index contributed by atoms with van der Waals surface area (Å²) in [6.07, 6.45) is 2.12. The van der Waals surface area contributed by atoms with Crippen LogP contribution >= 0.6 is 0 Å². The molecule has 2 N–H and O–H groups in total. The topological polar surface area (TPSA) is 116 Å². The molecule has 12 nitrogen and oxygen atoms in total. The van der Waals surface area contributed by atoms with Crippen molar-refractivity contribution in [2.45, 2.75) is 25.9 Å². The third-order valence-corrected chi connectivity index (χ3v) is 7.06. The first-order valence-electron chi connectivity index (χ1n) is 16.5. The molecule has 2 aliphatic heterocycles. The summed E-state index contributed by atoms with van der Waals surface area (Å²) in [7, 11) is 0. The highest BCUT2D eigenvalue weighted by atomic mass is 16.6. The summed E-state index contributed by atoms with van der Waals surface area (Å²) < 4.78 is 57.0. The quantitative estimate of drug-likeness (QED) is 0.390. The molecule has 0 unspecified atom stereocenters. The van der Waals surface area contributed by atoms with Gasteiger partial charge < -0.3 is 58.0 Å². The van der Waals surface area contributed by atoms with Gasteiger partial charge in [0.15, 0.2) is 23.0 Å². The van der Waals surface area contributed by atoms with E-state index in [1.165, 1.54) is 0 Å². The smallest absolute Gasteiger partial charge is 0.161 e. The van der Waals surface area contributed by atoms with Gasteiger partial charge in [0, 0.05) is 13.1 Å². The van der Waals surface area contributed by atoms with E-state index in [0.29, 0.717) is 117 Å². The number of hydrogen-bond donors (Lipinski definition) is 2. The second-order valence-electron chi connectivity index (χ2n) is 10.7. The third-order valence-electron chi connectivity index (χ3n) is 7.06. The molecule has 258 valence electrons. The second kappa shape index (κ2) is 23.6. The van der Waals surface area contributed by atoms with Crippen LogP contribution in [-0.4, -0.2) is 119 Å². The Morgan fingerprint density at radius 2 is 0.674 bits per heavy atom. The molecule has 0 saturated heterocycles. The van der Waals surface area contributed by atoms with E-state index in [9.17, 15) is 0 Å². The van der Waals surface area contributed by atoms with E-state index >= 15 is 0 Å². The fraction of sp³-hybridized carbons (Fsp3) is 0.647. The van der Waals surface area contributed by atoms with Crippen LogP contribution < -0.4 is 29.6 Å². The van der Waals surface area contributed by atoms with Gasteiger partial charge in [0.2, 0.25) is 0 Å². The summed E-state index contributed by atoms with van der Waals surface area (Å²) in [5, 5.41) is 7.09. The van der Waals surface area contributed by atoms with Crippen molar-refractivity contribution in [1.82, 2.24) is 10.6 Å². The van der Waals surface area contributed by atoms with E-state index in [1.54, 1.807) is 0 Å². The van der Waals surface area contributed by atoms with Crippen molar-refractivity contribution < 1.29 is 47.4 Å². The molecular weight excluding hydrogens is 596 g/mol. The lowest BCUT2D eigenvalue weighted by molar-refractivity contribution is 0.00708. The minimum absolute atomic E-state index is 0.448. The lowest BCUT2D eigenvalue weighted by Gasteiger charge is -2.15. The summed E-state index contributed by atoms with van der Waals surface area (Å²) in [5.41, 5.74) is 2.28. The predicted molar refractivity (Wildman–Crippen MR) is 172 cm³/mol. The number of hydrogen-bond acceptors (Lipinski definition) is 12. The van der Waals surface area contributed by atoms with Gasteiger partial charge in [0.25, 0.3) is 0 Å². The maximum atomic E-state index is 5.99. The first kappa shape index (κ1) is 36.2. The van der Waals surface area contributed by atoms with Crippen LogP contribution in [0.25, 0.3) is 0 Å². The Morgan fingerprint density at radius 3 is 1.02 bits per heavy atom. The number of benzene rings is 2. The molecule has 0 atom stereocenters. The second-order valence-corrected chi connectivity index (χ2v) is 10.7. The van der Waals surface area contributed by atoms with Gasteiger partial charge in [-0.1, -0.05) is 12.1 Å². The Bertz CT molecular complexity index is 993. The molecule has 2 heterocycles. The molecule has 4 rings (SSSR count). The lowest BCUT2D eigenvalue weighted by Crippen LogP contribution is -2.19. The number of unbranched alkanes of at least 4 members (excludes halogenated alkanes) is 1. The highest BCUT2D eigenvalue weighted by Gasteiger charge is 2.10. The monoisotopic (exact) mass is 648 g/mol. The minimum atomic E-state index is 0.448. The SMILES string of the molecule is c1cc2c(cc1CNCCCCNCc1ccc3c(c1)OCCOCCOCCOCCO3)OCCOCCOCCOCCO2. The average molecular weight is 649 g/mol. The summed E-state index contributed by atoms with van der Waals surface area (Å²) in [4.78, 5) is 0. The van der Waals surface area contributed by atoms with E-state index < -0.39 is 0 Å². The fourth-order valence-electron chi connectivity index (χ4n) is 4.68. The van der Waals surface area contributed by atoms with Crippen molar-refractivity contribution in [1.29, 1.82) is 0 Å². The van der Waals surface area contributed by atoms with Gasteiger partial charge in [0.1, 0.15) is 26.4 Å². The van der Waals surface area contributed by atoms with E-state index in [2.05, 4.69) is 22.8 Å². The molecule has 0 bridgehead atoms.